The van der Waals surface area contributed by atoms with E-state index in [2.05, 4.69) is 39.5 Å². The molecule has 5 nitrogen and oxygen atoms in total. The molecule has 1 atom stereocenters. The van der Waals surface area contributed by atoms with Crippen molar-refractivity contribution in [1.29, 1.82) is 0 Å². The molecule has 0 aliphatic carbocycles. The van der Waals surface area contributed by atoms with Gasteiger partial charge in [-0.1, -0.05) is 60.7 Å². The van der Waals surface area contributed by atoms with Crippen LogP contribution in [0.1, 0.15) is 34.2 Å². The van der Waals surface area contributed by atoms with Crippen LogP contribution in [-0.2, 0) is 24.3 Å². The van der Waals surface area contributed by atoms with Crippen molar-refractivity contribution >= 4 is 47.2 Å². The summed E-state index contributed by atoms with van der Waals surface area (Å²) in [5, 5.41) is 3.61. The summed E-state index contributed by atoms with van der Waals surface area (Å²) in [7, 11) is 0. The maximum Gasteiger partial charge on any atom is 0.228 e. The summed E-state index contributed by atoms with van der Waals surface area (Å²) in [5.74, 6) is -0.0939. The smallest absolute Gasteiger partial charge is 0.228 e. The second-order valence-corrected chi connectivity index (χ2v) is 8.19. The van der Waals surface area contributed by atoms with E-state index in [9.17, 15) is 4.79 Å². The van der Waals surface area contributed by atoms with Crippen molar-refractivity contribution in [2.24, 2.45) is 5.73 Å². The van der Waals surface area contributed by atoms with Crippen LogP contribution in [0.2, 0.25) is 0 Å². The number of carbonyl (C=O) groups is 1. The Morgan fingerprint density at radius 1 is 1.10 bits per heavy atom. The number of aromatic nitrogens is 1. The molecule has 1 unspecified atom stereocenters. The molecule has 4 rings (SSSR count). The third kappa shape index (κ3) is 6.27. The lowest BCUT2D eigenvalue weighted by Crippen LogP contribution is -2.29. The maximum absolute atomic E-state index is 12.4. The van der Waals surface area contributed by atoms with Crippen LogP contribution in [0.3, 0.4) is 0 Å². The summed E-state index contributed by atoms with van der Waals surface area (Å²) in [6, 6.07) is 19.9. The Balaban J connectivity index is 0.00000160. The van der Waals surface area contributed by atoms with Gasteiger partial charge in [0.15, 0.2) is 5.13 Å². The quantitative estimate of drug-likeness (QED) is 0.560. The van der Waals surface area contributed by atoms with Gasteiger partial charge in [-0.3, -0.25) is 9.69 Å². The molecule has 3 aromatic rings. The molecule has 2 heterocycles. The van der Waals surface area contributed by atoms with Gasteiger partial charge in [0.25, 0.3) is 0 Å². The first-order valence-corrected chi connectivity index (χ1v) is 10.3. The number of nitrogens with two attached hydrogens (primary N) is 1. The topological polar surface area (TPSA) is 71.2 Å². The van der Waals surface area contributed by atoms with Gasteiger partial charge in [-0.2, -0.15) is 0 Å². The van der Waals surface area contributed by atoms with Gasteiger partial charge in [0.2, 0.25) is 5.91 Å². The van der Waals surface area contributed by atoms with Gasteiger partial charge in [-0.25, -0.2) is 4.98 Å². The van der Waals surface area contributed by atoms with Crippen molar-refractivity contribution in [3.05, 3.63) is 82.4 Å². The fourth-order valence-corrected chi connectivity index (χ4v) is 4.53. The normalized spacial score (nSPS) is 14.0. The molecule has 0 radical (unpaired) electrons. The SMILES string of the molecule is Cl.Cl.NC(CC(=O)Nc1nc2c(s1)CN(Cc1ccccc1)CC2)c1ccccc1. The minimum Gasteiger partial charge on any atom is -0.324 e. The molecule has 1 aliphatic heterocycles. The summed E-state index contributed by atoms with van der Waals surface area (Å²) < 4.78 is 0. The highest BCUT2D eigenvalue weighted by Gasteiger charge is 2.22. The lowest BCUT2D eigenvalue weighted by Gasteiger charge is -2.25. The van der Waals surface area contributed by atoms with Gasteiger partial charge in [0.05, 0.1) is 5.69 Å². The van der Waals surface area contributed by atoms with Gasteiger partial charge >= 0.3 is 0 Å². The fourth-order valence-electron chi connectivity index (χ4n) is 3.47. The van der Waals surface area contributed by atoms with Crippen LogP contribution in [0.5, 0.6) is 0 Å². The van der Waals surface area contributed by atoms with Crippen LogP contribution >= 0.6 is 36.2 Å². The highest BCUT2D eigenvalue weighted by molar-refractivity contribution is 7.15. The molecule has 1 aromatic heterocycles. The van der Waals surface area contributed by atoms with Gasteiger partial charge < -0.3 is 11.1 Å². The minimum atomic E-state index is -0.308. The molecule has 160 valence electrons. The Morgan fingerprint density at radius 2 is 1.77 bits per heavy atom. The summed E-state index contributed by atoms with van der Waals surface area (Å²) in [6.07, 6.45) is 1.16. The van der Waals surface area contributed by atoms with Gasteiger partial charge in [0, 0.05) is 43.4 Å². The van der Waals surface area contributed by atoms with Crippen LogP contribution in [0.15, 0.2) is 60.7 Å². The van der Waals surface area contributed by atoms with E-state index in [1.54, 1.807) is 11.3 Å². The fraction of sp³-hybridized carbons (Fsp3) is 0.273. The first-order chi connectivity index (χ1) is 13.7. The van der Waals surface area contributed by atoms with Crippen molar-refractivity contribution < 1.29 is 4.79 Å². The van der Waals surface area contributed by atoms with E-state index in [0.29, 0.717) is 5.13 Å². The third-order valence-corrected chi connectivity index (χ3v) is 5.94. The van der Waals surface area contributed by atoms with Gasteiger partial charge in [-0.15, -0.1) is 36.2 Å². The molecule has 30 heavy (non-hydrogen) atoms. The van der Waals surface area contributed by atoms with Crippen molar-refractivity contribution in [3.63, 3.8) is 0 Å². The van der Waals surface area contributed by atoms with E-state index >= 15 is 0 Å². The molecule has 2 aromatic carbocycles. The number of anilines is 1. The van der Waals surface area contributed by atoms with Gasteiger partial charge in [0.1, 0.15) is 0 Å². The predicted molar refractivity (Wildman–Crippen MR) is 127 cm³/mol. The number of thiazole rings is 1. The average Bonchev–Trinajstić information content (AvgIpc) is 3.10. The van der Waals surface area contributed by atoms with E-state index in [1.807, 2.05) is 36.4 Å². The van der Waals surface area contributed by atoms with Gasteiger partial charge in [-0.05, 0) is 11.1 Å². The van der Waals surface area contributed by atoms with Crippen LogP contribution in [0.25, 0.3) is 0 Å². The molecule has 0 saturated heterocycles. The van der Waals surface area contributed by atoms with Crippen LogP contribution in [0.4, 0.5) is 5.13 Å². The summed E-state index contributed by atoms with van der Waals surface area (Å²) in [5.41, 5.74) is 9.55. The molecule has 3 N–H and O–H groups in total. The highest BCUT2D eigenvalue weighted by atomic mass is 35.5. The molecule has 0 bridgehead atoms. The lowest BCUT2D eigenvalue weighted by atomic mass is 10.0. The first kappa shape index (κ1) is 24.3. The summed E-state index contributed by atoms with van der Waals surface area (Å²) >= 11 is 1.58. The second-order valence-electron chi connectivity index (χ2n) is 7.10. The highest BCUT2D eigenvalue weighted by Crippen LogP contribution is 2.29. The van der Waals surface area contributed by atoms with E-state index in [0.717, 1.165) is 37.3 Å². The molecular formula is C22H26Cl2N4OS. The summed E-state index contributed by atoms with van der Waals surface area (Å²) in [6.45, 7) is 2.80. The Morgan fingerprint density at radius 3 is 2.47 bits per heavy atom. The number of carbonyl (C=O) groups excluding carboxylic acids is 1. The minimum absolute atomic E-state index is 0. The van der Waals surface area contributed by atoms with Crippen LogP contribution < -0.4 is 11.1 Å². The zero-order valence-corrected chi connectivity index (χ0v) is 18.9. The van der Waals surface area contributed by atoms with Crippen molar-refractivity contribution in [3.8, 4) is 0 Å². The Bertz CT molecular complexity index is 937. The zero-order chi connectivity index (χ0) is 19.3. The maximum atomic E-state index is 12.4. The number of hydrogen-bond acceptors (Lipinski definition) is 5. The number of fused-ring (bicyclic) bond motifs is 1. The van der Waals surface area contributed by atoms with E-state index in [1.165, 1.54) is 10.4 Å². The van der Waals surface area contributed by atoms with Crippen molar-refractivity contribution in [1.82, 2.24) is 9.88 Å². The number of nitrogens with zero attached hydrogens (tertiary/aromatic N) is 2. The second kappa shape index (κ2) is 11.4. The number of halogens is 2. The standard InChI is InChI=1S/C22H24N4OS.2ClH/c23-18(17-9-5-2-6-10-17)13-21(27)25-22-24-19-11-12-26(15-20(19)28-22)14-16-7-3-1-4-8-16;;/h1-10,18H,11-15,23H2,(H,24,25,27);2*1H. The molecule has 1 amide bonds. The molecular weight excluding hydrogens is 439 g/mol. The Labute approximate surface area is 193 Å². The monoisotopic (exact) mass is 464 g/mol. The van der Waals surface area contributed by atoms with E-state index in [-0.39, 0.29) is 43.2 Å². The number of nitrogens with one attached hydrogen (secondary N) is 1. The molecule has 0 spiro atoms. The molecule has 1 aliphatic rings. The Hall–Kier alpha value is -1.96. The number of benzene rings is 2. The van der Waals surface area contributed by atoms with Crippen LogP contribution in [0, 0.1) is 0 Å². The average molecular weight is 465 g/mol. The predicted octanol–water partition coefficient (Wildman–Crippen LogP) is 4.57. The lowest BCUT2D eigenvalue weighted by molar-refractivity contribution is -0.116. The molecule has 0 fully saturated rings. The number of amides is 1. The zero-order valence-electron chi connectivity index (χ0n) is 16.5. The van der Waals surface area contributed by atoms with Crippen molar-refractivity contribution in [2.75, 3.05) is 11.9 Å². The number of hydrogen-bond donors (Lipinski definition) is 2. The van der Waals surface area contributed by atoms with Crippen LogP contribution in [-0.4, -0.2) is 22.3 Å². The first-order valence-electron chi connectivity index (χ1n) is 9.52. The largest absolute Gasteiger partial charge is 0.324 e. The van der Waals surface area contributed by atoms with E-state index < -0.39 is 0 Å². The van der Waals surface area contributed by atoms with E-state index in [4.69, 9.17) is 5.73 Å². The van der Waals surface area contributed by atoms with Crippen molar-refractivity contribution in [2.45, 2.75) is 32.0 Å². The number of rotatable bonds is 6. The Kier molecular flexibility index (Phi) is 9.27. The summed E-state index contributed by atoms with van der Waals surface area (Å²) in [4.78, 5) is 20.7. The molecule has 8 heteroatoms. The molecule has 0 saturated carbocycles. The third-order valence-electron chi connectivity index (χ3n) is 4.94.